The van der Waals surface area contributed by atoms with Crippen molar-refractivity contribution in [2.24, 2.45) is 16.8 Å². The van der Waals surface area contributed by atoms with Gasteiger partial charge in [-0.15, -0.1) is 13.2 Å². The standard InChI is InChI=1S/C21H22F3NO/c1-14-2-6-18(7-3-14)25-19-8-4-15(5-9-19)16-10-11-20(13-17(20)12-16)26-21(22,23)24/h4-5,8-12,14,17H,2-3,6-7,13H2,1H3. The van der Waals surface area contributed by atoms with Gasteiger partial charge in [0.05, 0.1) is 5.69 Å². The Kier molecular flexibility index (Phi) is 4.30. The van der Waals surface area contributed by atoms with E-state index in [1.165, 1.54) is 18.6 Å². The van der Waals surface area contributed by atoms with Crippen LogP contribution in [0.3, 0.4) is 0 Å². The second-order valence-corrected chi connectivity index (χ2v) is 7.68. The number of rotatable bonds is 3. The Labute approximate surface area is 151 Å². The third-order valence-corrected chi connectivity index (χ3v) is 5.58. The van der Waals surface area contributed by atoms with Gasteiger partial charge in [0.15, 0.2) is 0 Å². The van der Waals surface area contributed by atoms with Crippen LogP contribution >= 0.6 is 0 Å². The van der Waals surface area contributed by atoms with E-state index in [1.807, 2.05) is 30.3 Å². The lowest BCUT2D eigenvalue weighted by atomic mass is 9.89. The van der Waals surface area contributed by atoms with Crippen molar-refractivity contribution >= 4 is 17.0 Å². The van der Waals surface area contributed by atoms with Crippen LogP contribution in [0.15, 0.2) is 47.5 Å². The number of benzene rings is 1. The zero-order valence-corrected chi connectivity index (χ0v) is 14.7. The minimum Gasteiger partial charge on any atom is -0.280 e. The predicted molar refractivity (Wildman–Crippen MR) is 96.3 cm³/mol. The molecule has 0 radical (unpaired) electrons. The Morgan fingerprint density at radius 2 is 1.81 bits per heavy atom. The molecule has 1 aromatic carbocycles. The van der Waals surface area contributed by atoms with Gasteiger partial charge in [-0.3, -0.25) is 9.73 Å². The maximum atomic E-state index is 12.5. The molecule has 0 N–H and O–H groups in total. The van der Waals surface area contributed by atoms with Crippen molar-refractivity contribution < 1.29 is 17.9 Å². The van der Waals surface area contributed by atoms with Gasteiger partial charge in [-0.1, -0.05) is 37.3 Å². The minimum absolute atomic E-state index is 0.201. The maximum Gasteiger partial charge on any atom is 0.523 e. The summed E-state index contributed by atoms with van der Waals surface area (Å²) in [6, 6.07) is 7.94. The van der Waals surface area contributed by atoms with Crippen LogP contribution in [0, 0.1) is 11.8 Å². The summed E-state index contributed by atoms with van der Waals surface area (Å²) in [5.41, 5.74) is 2.97. The highest BCUT2D eigenvalue weighted by atomic mass is 19.4. The van der Waals surface area contributed by atoms with Crippen molar-refractivity contribution in [3.05, 3.63) is 48.1 Å². The first-order valence-electron chi connectivity index (χ1n) is 9.18. The molecule has 0 saturated heterocycles. The lowest BCUT2D eigenvalue weighted by Gasteiger charge is -2.19. The lowest BCUT2D eigenvalue weighted by molar-refractivity contribution is -0.343. The third kappa shape index (κ3) is 3.78. The van der Waals surface area contributed by atoms with E-state index in [1.54, 1.807) is 12.2 Å². The summed E-state index contributed by atoms with van der Waals surface area (Å²) in [5.74, 6) is 0.588. The molecule has 0 aliphatic heterocycles. The summed E-state index contributed by atoms with van der Waals surface area (Å²) in [7, 11) is 0. The van der Waals surface area contributed by atoms with Gasteiger partial charge in [-0.25, -0.2) is 0 Å². The van der Waals surface area contributed by atoms with Crippen molar-refractivity contribution in [2.45, 2.75) is 51.0 Å². The smallest absolute Gasteiger partial charge is 0.280 e. The topological polar surface area (TPSA) is 21.6 Å². The highest BCUT2D eigenvalue weighted by Crippen LogP contribution is 2.55. The van der Waals surface area contributed by atoms with E-state index in [2.05, 4.69) is 11.7 Å². The van der Waals surface area contributed by atoms with Crippen LogP contribution in [0.4, 0.5) is 18.9 Å². The van der Waals surface area contributed by atoms with Gasteiger partial charge < -0.3 is 0 Å². The molecule has 3 aliphatic carbocycles. The Hall–Kier alpha value is -1.88. The molecule has 1 aromatic rings. The molecule has 2 saturated carbocycles. The molecule has 138 valence electrons. The summed E-state index contributed by atoms with van der Waals surface area (Å²) in [4.78, 5) is 4.75. The van der Waals surface area contributed by atoms with Gasteiger partial charge in [0.25, 0.3) is 0 Å². The molecule has 4 rings (SSSR count). The van der Waals surface area contributed by atoms with Crippen LogP contribution in [0.1, 0.15) is 44.6 Å². The molecule has 2 atom stereocenters. The Morgan fingerprint density at radius 3 is 2.42 bits per heavy atom. The quantitative estimate of drug-likeness (QED) is 0.626. The minimum atomic E-state index is -4.60. The van der Waals surface area contributed by atoms with Gasteiger partial charge in [0.1, 0.15) is 5.60 Å². The van der Waals surface area contributed by atoms with E-state index >= 15 is 0 Å². The summed E-state index contributed by atoms with van der Waals surface area (Å²) in [5, 5.41) is 0. The molecule has 5 heteroatoms. The van der Waals surface area contributed by atoms with Crippen molar-refractivity contribution in [3.63, 3.8) is 0 Å². The largest absolute Gasteiger partial charge is 0.523 e. The number of hydrogen-bond donors (Lipinski definition) is 0. The van der Waals surface area contributed by atoms with Crippen LogP contribution in [-0.2, 0) is 4.74 Å². The molecule has 0 amide bonds. The molecule has 0 heterocycles. The molecule has 2 nitrogen and oxygen atoms in total. The van der Waals surface area contributed by atoms with Crippen molar-refractivity contribution in [1.29, 1.82) is 0 Å². The van der Waals surface area contributed by atoms with E-state index < -0.39 is 12.0 Å². The Balaban J connectivity index is 1.43. The van der Waals surface area contributed by atoms with Gasteiger partial charge in [0, 0.05) is 11.6 Å². The molecule has 0 spiro atoms. The van der Waals surface area contributed by atoms with Crippen LogP contribution in [0.2, 0.25) is 0 Å². The highest BCUT2D eigenvalue weighted by Gasteiger charge is 2.59. The second kappa shape index (κ2) is 6.38. The number of fused-ring (bicyclic) bond motifs is 1. The van der Waals surface area contributed by atoms with Gasteiger partial charge >= 0.3 is 6.36 Å². The average Bonchev–Trinajstić information content (AvgIpc) is 3.28. The molecule has 2 fully saturated rings. The molecular weight excluding hydrogens is 339 g/mol. The van der Waals surface area contributed by atoms with Crippen molar-refractivity contribution in [2.75, 3.05) is 0 Å². The molecule has 2 unspecified atom stereocenters. The molecule has 26 heavy (non-hydrogen) atoms. The summed E-state index contributed by atoms with van der Waals surface area (Å²) >= 11 is 0. The fraction of sp³-hybridized carbons (Fsp3) is 0.476. The number of allylic oxidation sites excluding steroid dienone is 2. The summed E-state index contributed by atoms with van der Waals surface area (Å²) in [6.45, 7) is 2.28. The number of ether oxygens (including phenoxy) is 1. The number of alkyl halides is 3. The first-order valence-corrected chi connectivity index (χ1v) is 9.18. The van der Waals surface area contributed by atoms with E-state index in [-0.39, 0.29) is 5.92 Å². The SMILES string of the molecule is CC1CCC(=Nc2ccc(C3=CC4CC4(OC(F)(F)F)C=C3)cc2)CC1. The monoisotopic (exact) mass is 361 g/mol. The maximum absolute atomic E-state index is 12.5. The van der Waals surface area contributed by atoms with Crippen molar-refractivity contribution in [1.82, 2.24) is 0 Å². The molecule has 3 aliphatic rings. The van der Waals surface area contributed by atoms with E-state index in [9.17, 15) is 13.2 Å². The fourth-order valence-corrected chi connectivity index (χ4v) is 3.86. The van der Waals surface area contributed by atoms with E-state index in [0.717, 1.165) is 35.6 Å². The van der Waals surface area contributed by atoms with Crippen LogP contribution in [0.25, 0.3) is 5.57 Å². The zero-order chi connectivity index (χ0) is 18.4. The van der Waals surface area contributed by atoms with Crippen LogP contribution in [-0.4, -0.2) is 17.7 Å². The number of aliphatic imine (C=N–C) groups is 1. The van der Waals surface area contributed by atoms with Gasteiger partial charge in [-0.05, 0) is 61.3 Å². The van der Waals surface area contributed by atoms with E-state index in [0.29, 0.717) is 6.42 Å². The van der Waals surface area contributed by atoms with Gasteiger partial charge in [-0.2, -0.15) is 0 Å². The molecule has 0 aromatic heterocycles. The van der Waals surface area contributed by atoms with Crippen molar-refractivity contribution in [3.8, 4) is 0 Å². The van der Waals surface area contributed by atoms with Crippen LogP contribution in [0.5, 0.6) is 0 Å². The zero-order valence-electron chi connectivity index (χ0n) is 14.7. The van der Waals surface area contributed by atoms with Crippen LogP contribution < -0.4 is 0 Å². The number of nitrogens with zero attached hydrogens (tertiary/aromatic N) is 1. The first kappa shape index (κ1) is 17.5. The predicted octanol–water partition coefficient (Wildman–Crippen LogP) is 6.22. The third-order valence-electron chi connectivity index (χ3n) is 5.58. The number of hydrogen-bond acceptors (Lipinski definition) is 2. The second-order valence-electron chi connectivity index (χ2n) is 7.68. The normalized spacial score (nSPS) is 30.6. The Bertz CT molecular complexity index is 765. The highest BCUT2D eigenvalue weighted by molar-refractivity contribution is 5.87. The summed E-state index contributed by atoms with van der Waals surface area (Å²) < 4.78 is 41.8. The fourth-order valence-electron chi connectivity index (χ4n) is 3.86. The van der Waals surface area contributed by atoms with E-state index in [4.69, 9.17) is 4.99 Å². The average molecular weight is 361 g/mol. The molecule has 0 bridgehead atoms. The number of halogens is 3. The first-order chi connectivity index (χ1) is 12.3. The lowest BCUT2D eigenvalue weighted by Crippen LogP contribution is -2.26. The summed E-state index contributed by atoms with van der Waals surface area (Å²) in [6.07, 6.45) is 5.51. The molecular formula is C21H22F3NO. The van der Waals surface area contributed by atoms with Gasteiger partial charge in [0.2, 0.25) is 0 Å². The Morgan fingerprint density at radius 1 is 1.12 bits per heavy atom.